The van der Waals surface area contributed by atoms with E-state index in [0.717, 1.165) is 11.1 Å². The number of hydrogen-bond acceptors (Lipinski definition) is 4. The molecule has 0 aliphatic heterocycles. The van der Waals surface area contributed by atoms with Gasteiger partial charge in [0.05, 0.1) is 14.2 Å². The first kappa shape index (κ1) is 21.0. The van der Waals surface area contributed by atoms with Crippen LogP contribution in [0.25, 0.3) is 0 Å². The van der Waals surface area contributed by atoms with E-state index in [4.69, 9.17) is 9.47 Å². The van der Waals surface area contributed by atoms with E-state index in [2.05, 4.69) is 23.7 Å². The maximum absolute atomic E-state index is 10.8. The lowest BCUT2D eigenvalue weighted by molar-refractivity contribution is 0.213. The molecule has 150 valence electrons. The van der Waals surface area contributed by atoms with E-state index in [1.54, 1.807) is 12.1 Å². The Bertz CT molecular complexity index is 1010. The van der Waals surface area contributed by atoms with Crippen LogP contribution in [0.15, 0.2) is 72.8 Å². The lowest BCUT2D eigenvalue weighted by Crippen LogP contribution is -2.06. The fraction of sp³-hybridized carbons (Fsp3) is 0.154. The molecule has 0 bridgehead atoms. The zero-order valence-corrected chi connectivity index (χ0v) is 16.8. The van der Waals surface area contributed by atoms with Gasteiger partial charge in [0.25, 0.3) is 0 Å². The third-order valence-corrected chi connectivity index (χ3v) is 4.43. The smallest absolute Gasteiger partial charge is 0.161 e. The summed E-state index contributed by atoms with van der Waals surface area (Å²) in [6.07, 6.45) is -2.29. The maximum Gasteiger partial charge on any atom is 0.161 e. The number of ether oxygens (including phenoxy) is 2. The molecule has 3 rings (SSSR count). The number of aliphatic hydroxyl groups excluding tert-OH is 2. The summed E-state index contributed by atoms with van der Waals surface area (Å²) in [6.45, 7) is 0. The first-order chi connectivity index (χ1) is 14.6. The van der Waals surface area contributed by atoms with E-state index < -0.39 is 12.2 Å². The topological polar surface area (TPSA) is 58.9 Å². The molecule has 0 fully saturated rings. The molecule has 0 radical (unpaired) electrons. The van der Waals surface area contributed by atoms with Crippen molar-refractivity contribution in [3.63, 3.8) is 0 Å². The Morgan fingerprint density at radius 1 is 0.633 bits per heavy atom. The molecular formula is C26H22O4. The van der Waals surface area contributed by atoms with Crippen molar-refractivity contribution in [1.82, 2.24) is 0 Å². The summed E-state index contributed by atoms with van der Waals surface area (Å²) >= 11 is 0. The van der Waals surface area contributed by atoms with Crippen LogP contribution < -0.4 is 9.47 Å². The highest BCUT2D eigenvalue weighted by Crippen LogP contribution is 2.36. The van der Waals surface area contributed by atoms with Gasteiger partial charge in [0.2, 0.25) is 0 Å². The molecule has 3 aromatic carbocycles. The highest BCUT2D eigenvalue weighted by Gasteiger charge is 2.20. The quantitative estimate of drug-likeness (QED) is 0.655. The number of hydrogen-bond donors (Lipinski definition) is 2. The number of rotatable bonds is 4. The second-order valence-electron chi connectivity index (χ2n) is 6.41. The highest BCUT2D eigenvalue weighted by molar-refractivity contribution is 5.52. The van der Waals surface area contributed by atoms with Crippen molar-refractivity contribution in [2.45, 2.75) is 12.2 Å². The molecule has 4 nitrogen and oxygen atoms in total. The molecule has 0 heterocycles. The van der Waals surface area contributed by atoms with E-state index in [0.29, 0.717) is 22.6 Å². The van der Waals surface area contributed by atoms with Gasteiger partial charge in [0, 0.05) is 22.3 Å². The van der Waals surface area contributed by atoms with Crippen LogP contribution in [0.4, 0.5) is 0 Å². The summed E-state index contributed by atoms with van der Waals surface area (Å²) in [4.78, 5) is 0. The average molecular weight is 398 g/mol. The Morgan fingerprint density at radius 3 is 1.33 bits per heavy atom. The van der Waals surface area contributed by atoms with E-state index in [9.17, 15) is 10.2 Å². The molecule has 0 aromatic heterocycles. The summed E-state index contributed by atoms with van der Waals surface area (Å²) in [7, 11) is 3.02. The molecular weight excluding hydrogens is 376 g/mol. The van der Waals surface area contributed by atoms with Gasteiger partial charge >= 0.3 is 0 Å². The first-order valence-corrected chi connectivity index (χ1v) is 9.37. The number of methoxy groups -OCH3 is 2. The predicted molar refractivity (Wildman–Crippen MR) is 116 cm³/mol. The number of aliphatic hydroxyl groups is 2. The van der Waals surface area contributed by atoms with Crippen LogP contribution in [-0.4, -0.2) is 24.4 Å². The van der Waals surface area contributed by atoms with Gasteiger partial charge in [-0.3, -0.25) is 0 Å². The SMILES string of the molecule is COc1cc(C(O)C#Cc2ccccc2)c(C(O)C#Cc2ccccc2)cc1OC. The van der Waals surface area contributed by atoms with Crippen LogP contribution in [0.5, 0.6) is 11.5 Å². The van der Waals surface area contributed by atoms with Gasteiger partial charge in [-0.05, 0) is 36.4 Å². The minimum absolute atomic E-state index is 0.408. The van der Waals surface area contributed by atoms with E-state index in [1.807, 2.05) is 60.7 Å². The Labute approximate surface area is 176 Å². The summed E-state index contributed by atoms with van der Waals surface area (Å²) in [5, 5.41) is 21.5. The van der Waals surface area contributed by atoms with Crippen LogP contribution in [0.1, 0.15) is 34.5 Å². The van der Waals surface area contributed by atoms with Crippen LogP contribution in [-0.2, 0) is 0 Å². The standard InChI is InChI=1S/C26H22O4/c1-29-25-17-21(23(27)15-13-19-9-5-3-6-10-19)22(18-26(25)30-2)24(28)16-14-20-11-7-4-8-12-20/h3-12,17-18,23-24,27-28H,1-2H3. The van der Waals surface area contributed by atoms with Crippen molar-refractivity contribution in [1.29, 1.82) is 0 Å². The minimum atomic E-state index is -1.15. The van der Waals surface area contributed by atoms with Crippen molar-refractivity contribution in [3.8, 4) is 35.2 Å². The van der Waals surface area contributed by atoms with Gasteiger partial charge in [-0.15, -0.1) is 0 Å². The van der Waals surface area contributed by atoms with Gasteiger partial charge in [-0.25, -0.2) is 0 Å². The second kappa shape index (κ2) is 10.2. The monoisotopic (exact) mass is 398 g/mol. The molecule has 0 saturated heterocycles. The van der Waals surface area contributed by atoms with Gasteiger partial charge in [0.15, 0.2) is 11.5 Å². The van der Waals surface area contributed by atoms with Crippen molar-refractivity contribution in [2.24, 2.45) is 0 Å². The molecule has 2 atom stereocenters. The first-order valence-electron chi connectivity index (χ1n) is 9.37. The molecule has 0 aliphatic carbocycles. The van der Waals surface area contributed by atoms with Crippen molar-refractivity contribution < 1.29 is 19.7 Å². The third-order valence-electron chi connectivity index (χ3n) is 4.43. The summed E-state index contributed by atoms with van der Waals surface area (Å²) in [5.74, 6) is 12.4. The zero-order chi connectivity index (χ0) is 21.3. The molecule has 0 aliphatic rings. The zero-order valence-electron chi connectivity index (χ0n) is 16.8. The molecule has 2 N–H and O–H groups in total. The number of benzene rings is 3. The normalized spacial score (nSPS) is 11.9. The van der Waals surface area contributed by atoms with E-state index in [1.165, 1.54) is 14.2 Å². The average Bonchev–Trinajstić information content (AvgIpc) is 2.81. The summed E-state index contributed by atoms with van der Waals surface area (Å²) < 4.78 is 10.7. The maximum atomic E-state index is 10.8. The van der Waals surface area contributed by atoms with Gasteiger partial charge in [0.1, 0.15) is 12.2 Å². The Morgan fingerprint density at radius 2 is 1.00 bits per heavy atom. The molecule has 4 heteroatoms. The Balaban J connectivity index is 2.00. The highest BCUT2D eigenvalue weighted by atomic mass is 16.5. The van der Waals surface area contributed by atoms with E-state index in [-0.39, 0.29) is 0 Å². The minimum Gasteiger partial charge on any atom is -0.493 e. The fourth-order valence-electron chi connectivity index (χ4n) is 2.89. The fourth-order valence-corrected chi connectivity index (χ4v) is 2.89. The van der Waals surface area contributed by atoms with E-state index >= 15 is 0 Å². The molecule has 0 amide bonds. The van der Waals surface area contributed by atoms with Crippen molar-refractivity contribution in [3.05, 3.63) is 95.1 Å². The van der Waals surface area contributed by atoms with Crippen LogP contribution >= 0.6 is 0 Å². The summed E-state index contributed by atoms with van der Waals surface area (Å²) in [5.41, 5.74) is 2.38. The van der Waals surface area contributed by atoms with Gasteiger partial charge in [-0.1, -0.05) is 60.1 Å². The Kier molecular flexibility index (Phi) is 7.14. The Hall–Kier alpha value is -3.70. The van der Waals surface area contributed by atoms with Crippen LogP contribution in [0.2, 0.25) is 0 Å². The molecule has 0 spiro atoms. The van der Waals surface area contributed by atoms with Gasteiger partial charge < -0.3 is 19.7 Å². The van der Waals surface area contributed by atoms with Crippen LogP contribution in [0, 0.1) is 23.7 Å². The lowest BCUT2D eigenvalue weighted by atomic mass is 9.96. The molecule has 2 unspecified atom stereocenters. The van der Waals surface area contributed by atoms with Gasteiger partial charge in [-0.2, -0.15) is 0 Å². The third kappa shape index (κ3) is 5.21. The second-order valence-corrected chi connectivity index (χ2v) is 6.41. The summed E-state index contributed by atoms with van der Waals surface area (Å²) in [6, 6.07) is 22.0. The molecule has 30 heavy (non-hydrogen) atoms. The largest absolute Gasteiger partial charge is 0.493 e. The van der Waals surface area contributed by atoms with Crippen molar-refractivity contribution in [2.75, 3.05) is 14.2 Å². The van der Waals surface area contributed by atoms with Crippen LogP contribution in [0.3, 0.4) is 0 Å². The molecule has 0 saturated carbocycles. The lowest BCUT2D eigenvalue weighted by Gasteiger charge is -2.17. The predicted octanol–water partition coefficient (Wildman–Crippen LogP) is 3.87. The van der Waals surface area contributed by atoms with Crippen molar-refractivity contribution >= 4 is 0 Å². The molecule has 3 aromatic rings.